The van der Waals surface area contributed by atoms with Gasteiger partial charge in [0.25, 0.3) is 0 Å². The Hall–Kier alpha value is 0.01000. The molecule has 0 aromatic heterocycles. The van der Waals surface area contributed by atoms with Crippen LogP contribution in [0.5, 0.6) is 0 Å². The van der Waals surface area contributed by atoms with Crippen LogP contribution >= 0.6 is 27.7 Å². The molecule has 1 aromatic rings. The van der Waals surface area contributed by atoms with Gasteiger partial charge in [0.05, 0.1) is 0 Å². The zero-order valence-corrected chi connectivity index (χ0v) is 9.36. The lowest BCUT2D eigenvalue weighted by molar-refractivity contribution is 0.939. The van der Waals surface area contributed by atoms with Crippen molar-refractivity contribution in [1.82, 2.24) is 0 Å². The van der Waals surface area contributed by atoms with Crippen molar-refractivity contribution < 1.29 is 0 Å². The largest absolute Gasteiger partial charge is 0.329 e. The summed E-state index contributed by atoms with van der Waals surface area (Å²) in [4.78, 5) is 0. The molecule has 3 heteroatoms. The van der Waals surface area contributed by atoms with Crippen LogP contribution in [0.1, 0.15) is 10.8 Å². The molecular weight excluding hydrogens is 234 g/mol. The highest BCUT2D eigenvalue weighted by Gasteiger charge is 2.09. The zero-order chi connectivity index (χ0) is 8.97. The van der Waals surface area contributed by atoms with Crippen molar-refractivity contribution in [3.8, 4) is 0 Å². The van der Waals surface area contributed by atoms with Crippen LogP contribution in [0.15, 0.2) is 28.7 Å². The van der Waals surface area contributed by atoms with Gasteiger partial charge in [0, 0.05) is 16.3 Å². The Balaban J connectivity index is 2.92. The fourth-order valence-electron chi connectivity index (χ4n) is 1.09. The number of nitrogens with two attached hydrogens (primary N) is 1. The minimum atomic E-state index is 0.403. The third kappa shape index (κ3) is 2.25. The van der Waals surface area contributed by atoms with E-state index in [9.17, 15) is 0 Å². The van der Waals surface area contributed by atoms with Crippen LogP contribution in [-0.2, 0) is 0 Å². The van der Waals surface area contributed by atoms with Crippen LogP contribution in [0.3, 0.4) is 0 Å². The second kappa shape index (κ2) is 4.90. The van der Waals surface area contributed by atoms with Gasteiger partial charge in [0.1, 0.15) is 0 Å². The first-order chi connectivity index (χ1) is 5.79. The molecule has 1 unspecified atom stereocenters. The van der Waals surface area contributed by atoms with Crippen molar-refractivity contribution in [1.29, 1.82) is 0 Å². The smallest absolute Gasteiger partial charge is 0.0428 e. The number of hydrogen-bond acceptors (Lipinski definition) is 2. The second-order valence-corrected chi connectivity index (χ2v) is 4.38. The number of rotatable bonds is 3. The van der Waals surface area contributed by atoms with Gasteiger partial charge in [-0.2, -0.15) is 11.8 Å². The van der Waals surface area contributed by atoms with Crippen molar-refractivity contribution >= 4 is 27.7 Å². The molecule has 1 rings (SSSR count). The fraction of sp³-hybridized carbons (Fsp3) is 0.333. The Kier molecular flexibility index (Phi) is 4.12. The first-order valence-corrected chi connectivity index (χ1v) is 5.85. The molecule has 1 atom stereocenters. The molecule has 0 saturated heterocycles. The summed E-state index contributed by atoms with van der Waals surface area (Å²) in [5.74, 6) is 0. The van der Waals surface area contributed by atoms with E-state index < -0.39 is 0 Å². The highest BCUT2D eigenvalue weighted by atomic mass is 79.9. The van der Waals surface area contributed by atoms with E-state index in [4.69, 9.17) is 5.73 Å². The predicted molar refractivity (Wildman–Crippen MR) is 59.5 cm³/mol. The average molecular weight is 246 g/mol. The van der Waals surface area contributed by atoms with Crippen molar-refractivity contribution in [3.05, 3.63) is 34.3 Å². The van der Waals surface area contributed by atoms with Crippen molar-refractivity contribution in [2.24, 2.45) is 5.73 Å². The number of halogens is 1. The Morgan fingerprint density at radius 2 is 2.17 bits per heavy atom. The molecule has 0 bridgehead atoms. The van der Waals surface area contributed by atoms with Gasteiger partial charge in [-0.3, -0.25) is 0 Å². The summed E-state index contributed by atoms with van der Waals surface area (Å²) in [7, 11) is 0. The van der Waals surface area contributed by atoms with Gasteiger partial charge < -0.3 is 5.73 Å². The molecule has 0 aliphatic heterocycles. The van der Waals surface area contributed by atoms with Gasteiger partial charge in [-0.1, -0.05) is 34.1 Å². The first-order valence-electron chi connectivity index (χ1n) is 3.77. The van der Waals surface area contributed by atoms with Crippen LogP contribution in [-0.4, -0.2) is 12.8 Å². The van der Waals surface area contributed by atoms with E-state index in [0.717, 1.165) is 4.47 Å². The number of thioether (sulfide) groups is 1. The molecule has 1 aromatic carbocycles. The van der Waals surface area contributed by atoms with Crippen LogP contribution in [0.4, 0.5) is 0 Å². The van der Waals surface area contributed by atoms with Gasteiger partial charge in [0.2, 0.25) is 0 Å². The summed E-state index contributed by atoms with van der Waals surface area (Å²) in [6.45, 7) is 0.684. The molecule has 0 radical (unpaired) electrons. The number of hydrogen-bond donors (Lipinski definition) is 1. The summed E-state index contributed by atoms with van der Waals surface area (Å²) >= 11 is 5.29. The maximum Gasteiger partial charge on any atom is 0.0428 e. The highest BCUT2D eigenvalue weighted by molar-refractivity contribution is 9.10. The van der Waals surface area contributed by atoms with Crippen molar-refractivity contribution in [2.45, 2.75) is 5.25 Å². The van der Waals surface area contributed by atoms with Gasteiger partial charge in [-0.15, -0.1) is 0 Å². The van der Waals surface area contributed by atoms with Crippen LogP contribution in [0.25, 0.3) is 0 Å². The summed E-state index contributed by atoms with van der Waals surface area (Å²) in [6.07, 6.45) is 2.08. The molecule has 0 spiro atoms. The second-order valence-electron chi connectivity index (χ2n) is 2.48. The maximum absolute atomic E-state index is 5.64. The first kappa shape index (κ1) is 10.1. The highest BCUT2D eigenvalue weighted by Crippen LogP contribution is 2.30. The molecule has 66 valence electrons. The van der Waals surface area contributed by atoms with E-state index in [0.29, 0.717) is 11.8 Å². The van der Waals surface area contributed by atoms with E-state index in [1.807, 2.05) is 18.2 Å². The minimum absolute atomic E-state index is 0.403. The molecule has 2 N–H and O–H groups in total. The third-order valence-corrected chi connectivity index (χ3v) is 3.49. The van der Waals surface area contributed by atoms with E-state index in [1.165, 1.54) is 5.56 Å². The quantitative estimate of drug-likeness (QED) is 0.887. The lowest BCUT2D eigenvalue weighted by atomic mass is 10.1. The molecule has 0 fully saturated rings. The monoisotopic (exact) mass is 245 g/mol. The van der Waals surface area contributed by atoms with E-state index >= 15 is 0 Å². The predicted octanol–water partition coefficient (Wildman–Crippen LogP) is 2.81. The molecular formula is C9H12BrNS. The van der Waals surface area contributed by atoms with Gasteiger partial charge in [-0.05, 0) is 17.9 Å². The summed E-state index contributed by atoms with van der Waals surface area (Å²) in [5.41, 5.74) is 6.93. The molecule has 0 saturated carbocycles. The summed E-state index contributed by atoms with van der Waals surface area (Å²) < 4.78 is 1.15. The van der Waals surface area contributed by atoms with Crippen LogP contribution in [0.2, 0.25) is 0 Å². The lowest BCUT2D eigenvalue weighted by Crippen LogP contribution is -2.09. The van der Waals surface area contributed by atoms with Crippen LogP contribution in [0, 0.1) is 0 Å². The van der Waals surface area contributed by atoms with Crippen molar-refractivity contribution in [2.75, 3.05) is 12.8 Å². The van der Waals surface area contributed by atoms with Gasteiger partial charge in [-0.25, -0.2) is 0 Å². The molecule has 1 nitrogen and oxygen atoms in total. The van der Waals surface area contributed by atoms with Crippen molar-refractivity contribution in [3.63, 3.8) is 0 Å². The topological polar surface area (TPSA) is 26.0 Å². The standard InChI is InChI=1S/C9H12BrNS/c1-12-9(6-11)7-4-2-3-5-8(7)10/h2-5,9H,6,11H2,1H3. The average Bonchev–Trinajstić information content (AvgIpc) is 2.10. The lowest BCUT2D eigenvalue weighted by Gasteiger charge is -2.13. The normalized spacial score (nSPS) is 12.9. The molecule has 0 aliphatic carbocycles. The molecule has 0 amide bonds. The van der Waals surface area contributed by atoms with E-state index in [2.05, 4.69) is 28.3 Å². The van der Waals surface area contributed by atoms with E-state index in [1.54, 1.807) is 11.8 Å². The molecule has 0 heterocycles. The Labute approximate surface area is 85.9 Å². The van der Waals surface area contributed by atoms with E-state index in [-0.39, 0.29) is 0 Å². The Bertz CT molecular complexity index is 248. The SMILES string of the molecule is CSC(CN)c1ccccc1Br. The zero-order valence-electron chi connectivity index (χ0n) is 6.96. The Morgan fingerprint density at radius 1 is 1.50 bits per heavy atom. The van der Waals surface area contributed by atoms with Gasteiger partial charge in [0.15, 0.2) is 0 Å². The van der Waals surface area contributed by atoms with Gasteiger partial charge >= 0.3 is 0 Å². The third-order valence-electron chi connectivity index (χ3n) is 1.75. The van der Waals surface area contributed by atoms with Crippen LogP contribution < -0.4 is 5.73 Å². The summed E-state index contributed by atoms with van der Waals surface area (Å²) in [5, 5.41) is 0.403. The summed E-state index contributed by atoms with van der Waals surface area (Å²) in [6, 6.07) is 8.22. The minimum Gasteiger partial charge on any atom is -0.329 e. The molecule has 12 heavy (non-hydrogen) atoms. The molecule has 0 aliphatic rings. The number of benzene rings is 1. The fourth-order valence-corrected chi connectivity index (χ4v) is 2.45. The Morgan fingerprint density at radius 3 is 2.67 bits per heavy atom. The maximum atomic E-state index is 5.64.